The average molecular weight is 316 g/mol. The van der Waals surface area contributed by atoms with Gasteiger partial charge in [0, 0.05) is 12.7 Å². The van der Waals surface area contributed by atoms with Crippen molar-refractivity contribution >= 4 is 26.5 Å². The van der Waals surface area contributed by atoms with Crippen LogP contribution in [0.1, 0.15) is 31.3 Å². The van der Waals surface area contributed by atoms with Gasteiger partial charge in [-0.15, -0.1) is 10.2 Å². The fourth-order valence-electron chi connectivity index (χ4n) is 1.61. The molecule has 8 nitrogen and oxygen atoms in total. The molecule has 0 radical (unpaired) electrons. The second-order valence-corrected chi connectivity index (χ2v) is 7.02. The van der Waals surface area contributed by atoms with Crippen LogP contribution < -0.4 is 10.5 Å². The fourth-order valence-corrected chi connectivity index (χ4v) is 3.45. The van der Waals surface area contributed by atoms with E-state index in [0.29, 0.717) is 16.7 Å². The van der Waals surface area contributed by atoms with Gasteiger partial charge in [0.05, 0.1) is 12.2 Å². The van der Waals surface area contributed by atoms with Crippen LogP contribution in [0.25, 0.3) is 0 Å². The lowest BCUT2D eigenvalue weighted by atomic mass is 10.4. The van der Waals surface area contributed by atoms with Crippen LogP contribution in [-0.2, 0) is 16.6 Å². The van der Waals surface area contributed by atoms with Crippen molar-refractivity contribution in [1.82, 2.24) is 24.7 Å². The Morgan fingerprint density at radius 3 is 2.85 bits per heavy atom. The van der Waals surface area contributed by atoms with Gasteiger partial charge in [-0.25, -0.2) is 13.1 Å². The van der Waals surface area contributed by atoms with Gasteiger partial charge in [0.2, 0.25) is 15.2 Å². The highest BCUT2D eigenvalue weighted by Gasteiger charge is 2.22. The number of rotatable bonds is 6. The summed E-state index contributed by atoms with van der Waals surface area (Å²) in [7, 11) is -3.63. The summed E-state index contributed by atoms with van der Waals surface area (Å²) < 4.78 is 28.5. The molecule has 0 fully saturated rings. The van der Waals surface area contributed by atoms with Gasteiger partial charge >= 0.3 is 0 Å². The van der Waals surface area contributed by atoms with Crippen molar-refractivity contribution in [3.63, 3.8) is 0 Å². The fraction of sp³-hybridized carbons (Fsp3) is 0.500. The minimum Gasteiger partial charge on any atom is -0.374 e. The number of hydrogen-bond acceptors (Lipinski definition) is 7. The van der Waals surface area contributed by atoms with Crippen molar-refractivity contribution in [2.45, 2.75) is 37.8 Å². The molecule has 0 aromatic carbocycles. The molecule has 1 unspecified atom stereocenters. The maximum atomic E-state index is 12.2. The Morgan fingerprint density at radius 1 is 1.50 bits per heavy atom. The summed E-state index contributed by atoms with van der Waals surface area (Å²) in [5.41, 5.74) is 5.48. The molecule has 0 saturated carbocycles. The van der Waals surface area contributed by atoms with Crippen LogP contribution in [-0.4, -0.2) is 28.4 Å². The van der Waals surface area contributed by atoms with Crippen LogP contribution in [0.4, 0.5) is 5.13 Å². The predicted molar refractivity (Wildman–Crippen MR) is 75.6 cm³/mol. The molecule has 1 atom stereocenters. The van der Waals surface area contributed by atoms with Gasteiger partial charge in [-0.3, -0.25) is 4.68 Å². The van der Waals surface area contributed by atoms with Gasteiger partial charge in [0.15, 0.2) is 0 Å². The maximum Gasteiger partial charge on any atom is 0.244 e. The SMILES string of the molecule is CCCn1cc(S(=O)(=O)NC(C)c2nnc(N)s2)cn1. The Kier molecular flexibility index (Phi) is 4.35. The number of aromatic nitrogens is 4. The second kappa shape index (κ2) is 5.85. The number of nitrogens with one attached hydrogen (secondary N) is 1. The predicted octanol–water partition coefficient (Wildman–Crippen LogP) is 0.766. The molecular weight excluding hydrogens is 300 g/mol. The largest absolute Gasteiger partial charge is 0.374 e. The van der Waals surface area contributed by atoms with E-state index < -0.39 is 16.1 Å². The van der Waals surface area contributed by atoms with Crippen molar-refractivity contribution in [2.75, 3.05) is 5.73 Å². The van der Waals surface area contributed by atoms with Crippen LogP contribution in [0.5, 0.6) is 0 Å². The Hall–Kier alpha value is -1.52. The molecule has 10 heteroatoms. The van der Waals surface area contributed by atoms with Crippen molar-refractivity contribution in [3.8, 4) is 0 Å². The lowest BCUT2D eigenvalue weighted by molar-refractivity contribution is 0.564. The third-order valence-corrected chi connectivity index (χ3v) is 4.96. The van der Waals surface area contributed by atoms with E-state index in [4.69, 9.17) is 5.73 Å². The minimum absolute atomic E-state index is 0.135. The quantitative estimate of drug-likeness (QED) is 0.813. The van der Waals surface area contributed by atoms with Crippen LogP contribution in [0.15, 0.2) is 17.3 Å². The molecule has 0 aliphatic heterocycles. The highest BCUT2D eigenvalue weighted by Crippen LogP contribution is 2.21. The molecule has 20 heavy (non-hydrogen) atoms. The topological polar surface area (TPSA) is 116 Å². The number of sulfonamides is 1. The first-order chi connectivity index (χ1) is 9.42. The number of nitrogens with zero attached hydrogens (tertiary/aromatic N) is 4. The summed E-state index contributed by atoms with van der Waals surface area (Å²) in [6.07, 6.45) is 3.72. The number of nitrogen functional groups attached to an aromatic ring is 1. The maximum absolute atomic E-state index is 12.2. The van der Waals surface area contributed by atoms with Gasteiger partial charge in [0.25, 0.3) is 0 Å². The standard InChI is InChI=1S/C10H16N6O2S2/c1-3-4-16-6-8(5-12-16)20(17,18)15-7(2)9-13-14-10(11)19-9/h5-7,15H,3-4H2,1-2H3,(H2,11,14). The Balaban J connectivity index is 2.13. The highest BCUT2D eigenvalue weighted by molar-refractivity contribution is 7.89. The zero-order valence-electron chi connectivity index (χ0n) is 11.1. The molecule has 0 amide bonds. The van der Waals surface area contributed by atoms with Gasteiger partial charge in [0.1, 0.15) is 9.90 Å². The van der Waals surface area contributed by atoms with E-state index in [-0.39, 0.29) is 4.90 Å². The lowest BCUT2D eigenvalue weighted by Gasteiger charge is -2.09. The molecule has 2 aromatic rings. The zero-order chi connectivity index (χ0) is 14.8. The monoisotopic (exact) mass is 316 g/mol. The average Bonchev–Trinajstić information content (AvgIpc) is 2.98. The molecule has 3 N–H and O–H groups in total. The van der Waals surface area contributed by atoms with Gasteiger partial charge in [-0.2, -0.15) is 5.10 Å². The molecule has 110 valence electrons. The second-order valence-electron chi connectivity index (χ2n) is 4.26. The van der Waals surface area contributed by atoms with Crippen LogP contribution in [0, 0.1) is 0 Å². The molecule has 2 heterocycles. The number of nitrogens with two attached hydrogens (primary N) is 1. The highest BCUT2D eigenvalue weighted by atomic mass is 32.2. The molecule has 0 spiro atoms. The number of hydrogen-bond donors (Lipinski definition) is 2. The van der Waals surface area contributed by atoms with E-state index >= 15 is 0 Å². The first kappa shape index (κ1) is 14.9. The van der Waals surface area contributed by atoms with Crippen molar-refractivity contribution in [3.05, 3.63) is 17.4 Å². The molecule has 0 aliphatic carbocycles. The molecular formula is C10H16N6O2S2. The lowest BCUT2D eigenvalue weighted by Crippen LogP contribution is -2.26. The normalized spacial score (nSPS) is 13.5. The minimum atomic E-state index is -3.63. The van der Waals surface area contributed by atoms with E-state index in [9.17, 15) is 8.42 Å². The van der Waals surface area contributed by atoms with Crippen LogP contribution in [0.2, 0.25) is 0 Å². The Bertz CT molecular complexity index is 677. The third-order valence-electron chi connectivity index (χ3n) is 2.53. The van der Waals surface area contributed by atoms with E-state index in [0.717, 1.165) is 17.8 Å². The van der Waals surface area contributed by atoms with Crippen LogP contribution >= 0.6 is 11.3 Å². The first-order valence-corrected chi connectivity index (χ1v) is 8.36. The van der Waals surface area contributed by atoms with Gasteiger partial charge in [-0.1, -0.05) is 18.3 Å². The summed E-state index contributed by atoms with van der Waals surface area (Å²) in [6.45, 7) is 4.36. The molecule has 2 aromatic heterocycles. The smallest absolute Gasteiger partial charge is 0.244 e. The van der Waals surface area contributed by atoms with Gasteiger partial charge in [-0.05, 0) is 13.3 Å². The third kappa shape index (κ3) is 3.32. The van der Waals surface area contributed by atoms with E-state index in [1.165, 1.54) is 12.4 Å². The summed E-state index contributed by atoms with van der Waals surface area (Å²) in [5, 5.41) is 12.3. The van der Waals surface area contributed by atoms with E-state index in [1.54, 1.807) is 11.6 Å². The summed E-state index contributed by atoms with van der Waals surface area (Å²) in [6, 6.07) is -0.496. The van der Waals surface area contributed by atoms with E-state index in [2.05, 4.69) is 20.0 Å². The summed E-state index contributed by atoms with van der Waals surface area (Å²) in [5.74, 6) is 0. The molecule has 0 saturated heterocycles. The molecule has 0 aliphatic rings. The molecule has 2 rings (SSSR count). The van der Waals surface area contributed by atoms with Gasteiger partial charge < -0.3 is 5.73 Å². The summed E-state index contributed by atoms with van der Waals surface area (Å²) in [4.78, 5) is 0.135. The molecule has 0 bridgehead atoms. The Labute approximate surface area is 121 Å². The zero-order valence-corrected chi connectivity index (χ0v) is 12.8. The van der Waals surface area contributed by atoms with Crippen LogP contribution in [0.3, 0.4) is 0 Å². The number of aryl methyl sites for hydroxylation is 1. The Morgan fingerprint density at radius 2 is 2.25 bits per heavy atom. The number of anilines is 1. The van der Waals surface area contributed by atoms with Crippen molar-refractivity contribution in [1.29, 1.82) is 0 Å². The van der Waals surface area contributed by atoms with Crippen molar-refractivity contribution < 1.29 is 8.42 Å². The first-order valence-electron chi connectivity index (χ1n) is 6.06. The van der Waals surface area contributed by atoms with E-state index in [1.807, 2.05) is 6.92 Å². The van der Waals surface area contributed by atoms with Crippen molar-refractivity contribution in [2.24, 2.45) is 0 Å². The summed E-state index contributed by atoms with van der Waals surface area (Å²) >= 11 is 1.15.